The SMILES string of the molecule is Cc1nc2n(c1CN1CCN(C(=O)c3cccc(-c4noc(C5CC5)n4)c3)CC1)CCCC2. The van der Waals surface area contributed by atoms with E-state index in [2.05, 4.69) is 26.5 Å². The Morgan fingerprint density at radius 2 is 1.94 bits per heavy atom. The fourth-order valence-corrected chi connectivity index (χ4v) is 5.02. The predicted molar refractivity (Wildman–Crippen MR) is 123 cm³/mol. The molecule has 8 nitrogen and oxygen atoms in total. The average molecular weight is 447 g/mol. The van der Waals surface area contributed by atoms with E-state index in [1.54, 1.807) is 0 Å². The zero-order valence-electron chi connectivity index (χ0n) is 19.2. The Morgan fingerprint density at radius 3 is 2.76 bits per heavy atom. The molecule has 0 N–H and O–H groups in total. The first-order chi connectivity index (χ1) is 16.2. The Kier molecular flexibility index (Phi) is 5.25. The Morgan fingerprint density at radius 1 is 1.09 bits per heavy atom. The molecule has 1 saturated heterocycles. The molecule has 2 aromatic heterocycles. The van der Waals surface area contributed by atoms with Crippen LogP contribution in [0.25, 0.3) is 11.4 Å². The number of hydrogen-bond donors (Lipinski definition) is 0. The van der Waals surface area contributed by atoms with Gasteiger partial charge in [0.15, 0.2) is 0 Å². The van der Waals surface area contributed by atoms with Crippen LogP contribution in [0.1, 0.15) is 65.1 Å². The fraction of sp³-hybridized carbons (Fsp3) is 0.520. The van der Waals surface area contributed by atoms with Gasteiger partial charge in [-0.15, -0.1) is 0 Å². The van der Waals surface area contributed by atoms with Crippen LogP contribution in [0.15, 0.2) is 28.8 Å². The summed E-state index contributed by atoms with van der Waals surface area (Å²) in [5.41, 5.74) is 4.02. The van der Waals surface area contributed by atoms with Gasteiger partial charge >= 0.3 is 0 Å². The van der Waals surface area contributed by atoms with Crippen molar-refractivity contribution >= 4 is 5.91 Å². The number of carbonyl (C=O) groups excluding carboxylic acids is 1. The van der Waals surface area contributed by atoms with Gasteiger partial charge in [-0.25, -0.2) is 4.98 Å². The molecule has 3 aliphatic rings. The van der Waals surface area contributed by atoms with Crippen LogP contribution in [-0.2, 0) is 19.5 Å². The molecule has 1 aliphatic carbocycles. The number of piperazine rings is 1. The van der Waals surface area contributed by atoms with Crippen molar-refractivity contribution < 1.29 is 9.32 Å². The number of carbonyl (C=O) groups is 1. The van der Waals surface area contributed by atoms with Crippen LogP contribution in [-0.4, -0.2) is 61.6 Å². The third-order valence-electron chi connectivity index (χ3n) is 7.15. The maximum absolute atomic E-state index is 13.2. The zero-order chi connectivity index (χ0) is 22.4. The number of fused-ring (bicyclic) bond motifs is 1. The van der Waals surface area contributed by atoms with Crippen molar-refractivity contribution in [3.63, 3.8) is 0 Å². The van der Waals surface area contributed by atoms with Gasteiger partial charge in [-0.1, -0.05) is 17.3 Å². The number of nitrogens with zero attached hydrogens (tertiary/aromatic N) is 6. The van der Waals surface area contributed by atoms with Gasteiger partial charge in [-0.3, -0.25) is 9.69 Å². The molecule has 2 fully saturated rings. The Labute approximate surface area is 193 Å². The molecule has 0 spiro atoms. The van der Waals surface area contributed by atoms with Gasteiger partial charge in [-0.05, 0) is 44.7 Å². The maximum Gasteiger partial charge on any atom is 0.253 e. The van der Waals surface area contributed by atoms with Gasteiger partial charge in [0.1, 0.15) is 5.82 Å². The quantitative estimate of drug-likeness (QED) is 0.598. The van der Waals surface area contributed by atoms with Crippen LogP contribution in [0.4, 0.5) is 0 Å². The van der Waals surface area contributed by atoms with Crippen LogP contribution >= 0.6 is 0 Å². The van der Waals surface area contributed by atoms with E-state index in [0.29, 0.717) is 23.2 Å². The number of aromatic nitrogens is 4. The summed E-state index contributed by atoms with van der Waals surface area (Å²) in [6.45, 7) is 7.35. The van der Waals surface area contributed by atoms with Gasteiger partial charge in [0.25, 0.3) is 5.91 Å². The van der Waals surface area contributed by atoms with Gasteiger partial charge in [0.05, 0.1) is 11.4 Å². The van der Waals surface area contributed by atoms with Crippen LogP contribution in [0.2, 0.25) is 0 Å². The van der Waals surface area contributed by atoms with Crippen molar-refractivity contribution in [3.8, 4) is 11.4 Å². The minimum atomic E-state index is 0.0697. The molecule has 1 saturated carbocycles. The number of benzene rings is 1. The third-order valence-corrected chi connectivity index (χ3v) is 7.15. The minimum absolute atomic E-state index is 0.0697. The zero-order valence-corrected chi connectivity index (χ0v) is 19.2. The lowest BCUT2D eigenvalue weighted by Crippen LogP contribution is -2.48. The van der Waals surface area contributed by atoms with E-state index in [9.17, 15) is 4.79 Å². The van der Waals surface area contributed by atoms with Gasteiger partial charge < -0.3 is 14.0 Å². The van der Waals surface area contributed by atoms with Crippen molar-refractivity contribution in [1.29, 1.82) is 0 Å². The van der Waals surface area contributed by atoms with E-state index in [0.717, 1.165) is 69.8 Å². The van der Waals surface area contributed by atoms with Crippen LogP contribution in [0, 0.1) is 6.92 Å². The maximum atomic E-state index is 13.2. The van der Waals surface area contributed by atoms with Crippen LogP contribution in [0.5, 0.6) is 0 Å². The number of rotatable bonds is 5. The second-order valence-electron chi connectivity index (χ2n) is 9.55. The molecule has 4 heterocycles. The Bertz CT molecular complexity index is 1170. The highest BCUT2D eigenvalue weighted by atomic mass is 16.5. The summed E-state index contributed by atoms with van der Waals surface area (Å²) >= 11 is 0. The summed E-state index contributed by atoms with van der Waals surface area (Å²) in [5.74, 6) is 3.02. The lowest BCUT2D eigenvalue weighted by Gasteiger charge is -2.35. The van der Waals surface area contributed by atoms with Gasteiger partial charge in [0, 0.05) is 62.7 Å². The molecular formula is C25H30N6O2. The molecule has 1 aromatic carbocycles. The molecule has 33 heavy (non-hydrogen) atoms. The molecule has 172 valence electrons. The summed E-state index contributed by atoms with van der Waals surface area (Å²) < 4.78 is 7.81. The fourth-order valence-electron chi connectivity index (χ4n) is 5.02. The Balaban J connectivity index is 1.10. The molecule has 2 aliphatic heterocycles. The van der Waals surface area contributed by atoms with E-state index in [1.807, 2.05) is 29.2 Å². The molecule has 0 bridgehead atoms. The highest BCUT2D eigenvalue weighted by Gasteiger charge is 2.30. The van der Waals surface area contributed by atoms with Gasteiger partial charge in [0.2, 0.25) is 11.7 Å². The lowest BCUT2D eigenvalue weighted by molar-refractivity contribution is 0.0625. The molecule has 0 unspecified atom stereocenters. The number of amides is 1. The van der Waals surface area contributed by atoms with E-state index >= 15 is 0 Å². The van der Waals surface area contributed by atoms with E-state index in [4.69, 9.17) is 9.51 Å². The highest BCUT2D eigenvalue weighted by Crippen LogP contribution is 2.39. The first-order valence-electron chi connectivity index (χ1n) is 12.2. The second kappa shape index (κ2) is 8.41. The van der Waals surface area contributed by atoms with Crippen molar-refractivity contribution in [2.75, 3.05) is 26.2 Å². The Hall–Kier alpha value is -3.00. The van der Waals surface area contributed by atoms with E-state index in [-0.39, 0.29) is 5.91 Å². The second-order valence-corrected chi connectivity index (χ2v) is 9.55. The lowest BCUT2D eigenvalue weighted by atomic mass is 10.1. The normalized spacial score (nSPS) is 19.0. The number of aryl methyl sites for hydroxylation is 2. The smallest absolute Gasteiger partial charge is 0.253 e. The minimum Gasteiger partial charge on any atom is -0.339 e. The summed E-state index contributed by atoms with van der Waals surface area (Å²) in [7, 11) is 0. The first kappa shape index (κ1) is 20.6. The topological polar surface area (TPSA) is 80.3 Å². The van der Waals surface area contributed by atoms with E-state index < -0.39 is 0 Å². The van der Waals surface area contributed by atoms with Crippen molar-refractivity contribution in [2.45, 2.75) is 58.0 Å². The van der Waals surface area contributed by atoms with Crippen molar-refractivity contribution in [1.82, 2.24) is 29.5 Å². The monoisotopic (exact) mass is 446 g/mol. The van der Waals surface area contributed by atoms with Crippen LogP contribution < -0.4 is 0 Å². The summed E-state index contributed by atoms with van der Waals surface area (Å²) in [6, 6.07) is 7.60. The molecule has 8 heteroatoms. The third kappa shape index (κ3) is 4.08. The molecule has 0 radical (unpaired) electrons. The molecule has 3 aromatic rings. The first-order valence-corrected chi connectivity index (χ1v) is 12.2. The van der Waals surface area contributed by atoms with Crippen molar-refractivity contribution in [3.05, 3.63) is 52.9 Å². The van der Waals surface area contributed by atoms with Gasteiger partial charge in [-0.2, -0.15) is 4.98 Å². The standard InChI is InChI=1S/C25H30N6O2/c1-17-21(31-10-3-2-7-22(31)26-17)16-29-11-13-30(14-12-29)25(32)20-6-4-5-19(15-20)23-27-24(33-28-23)18-8-9-18/h4-6,15,18H,2-3,7-14,16H2,1H3. The summed E-state index contributed by atoms with van der Waals surface area (Å²) in [5, 5.41) is 4.12. The van der Waals surface area contributed by atoms with Crippen molar-refractivity contribution in [2.24, 2.45) is 0 Å². The van der Waals surface area contributed by atoms with Crippen LogP contribution in [0.3, 0.4) is 0 Å². The molecular weight excluding hydrogens is 416 g/mol. The summed E-state index contributed by atoms with van der Waals surface area (Å²) in [6.07, 6.45) is 5.81. The average Bonchev–Trinajstić information content (AvgIpc) is 3.50. The number of hydrogen-bond acceptors (Lipinski definition) is 6. The van der Waals surface area contributed by atoms with E-state index in [1.165, 1.54) is 24.4 Å². The molecule has 0 atom stereocenters. The largest absolute Gasteiger partial charge is 0.339 e. The molecule has 1 amide bonds. The highest BCUT2D eigenvalue weighted by molar-refractivity contribution is 5.95. The predicted octanol–water partition coefficient (Wildman–Crippen LogP) is 3.41. The summed E-state index contributed by atoms with van der Waals surface area (Å²) in [4.78, 5) is 26.9. The molecule has 6 rings (SSSR count). The number of imidazole rings is 1.